The Balaban J connectivity index is 4.16. The Morgan fingerprint density at radius 2 is 1.74 bits per heavy atom. The van der Waals surface area contributed by atoms with Crippen LogP contribution >= 0.6 is 0 Å². The molecule has 3 nitrogen and oxygen atoms in total. The highest BCUT2D eigenvalue weighted by Crippen LogP contribution is 2.27. The zero-order valence-corrected chi connectivity index (χ0v) is 13.8. The van der Waals surface area contributed by atoms with Crippen LogP contribution in [0.4, 0.5) is 0 Å². The SMILES string of the molecule is CCC(CCN)CCC(=O)NC(C)(C)CC(C)(C)C. The van der Waals surface area contributed by atoms with Crippen molar-refractivity contribution < 1.29 is 4.79 Å². The molecule has 0 radical (unpaired) electrons. The molecule has 0 saturated heterocycles. The van der Waals surface area contributed by atoms with Crippen molar-refractivity contribution in [1.29, 1.82) is 0 Å². The number of hydrogen-bond donors (Lipinski definition) is 2. The van der Waals surface area contributed by atoms with E-state index in [1.54, 1.807) is 0 Å². The van der Waals surface area contributed by atoms with Crippen molar-refractivity contribution in [2.45, 2.75) is 79.2 Å². The molecule has 0 saturated carbocycles. The molecule has 114 valence electrons. The molecular formula is C16H34N2O. The van der Waals surface area contributed by atoms with Crippen molar-refractivity contribution in [3.8, 4) is 0 Å². The van der Waals surface area contributed by atoms with Crippen LogP contribution in [0.5, 0.6) is 0 Å². The topological polar surface area (TPSA) is 55.1 Å². The fourth-order valence-corrected chi connectivity index (χ4v) is 2.93. The molecule has 0 bridgehead atoms. The second-order valence-corrected chi connectivity index (χ2v) is 7.56. The minimum absolute atomic E-state index is 0.134. The molecule has 3 N–H and O–H groups in total. The Labute approximate surface area is 119 Å². The molecule has 1 unspecified atom stereocenters. The molecule has 1 amide bonds. The minimum atomic E-state index is -0.134. The second kappa shape index (κ2) is 7.88. The van der Waals surface area contributed by atoms with Crippen LogP contribution in [-0.2, 0) is 4.79 Å². The van der Waals surface area contributed by atoms with Crippen molar-refractivity contribution >= 4 is 5.91 Å². The summed E-state index contributed by atoms with van der Waals surface area (Å²) in [5, 5.41) is 3.16. The van der Waals surface area contributed by atoms with Crippen LogP contribution in [0.2, 0.25) is 0 Å². The summed E-state index contributed by atoms with van der Waals surface area (Å²) in [6, 6.07) is 0. The van der Waals surface area contributed by atoms with Gasteiger partial charge in [-0.15, -0.1) is 0 Å². The molecule has 0 aliphatic carbocycles. The highest BCUT2D eigenvalue weighted by Gasteiger charge is 2.26. The molecule has 0 fully saturated rings. The third kappa shape index (κ3) is 9.94. The fraction of sp³-hybridized carbons (Fsp3) is 0.938. The molecule has 1 atom stereocenters. The van der Waals surface area contributed by atoms with Gasteiger partial charge >= 0.3 is 0 Å². The maximum Gasteiger partial charge on any atom is 0.220 e. The van der Waals surface area contributed by atoms with Gasteiger partial charge in [-0.3, -0.25) is 4.79 Å². The Bertz CT molecular complexity index is 266. The van der Waals surface area contributed by atoms with Gasteiger partial charge in [0.25, 0.3) is 0 Å². The van der Waals surface area contributed by atoms with E-state index in [-0.39, 0.29) is 16.9 Å². The predicted molar refractivity (Wildman–Crippen MR) is 83.0 cm³/mol. The van der Waals surface area contributed by atoms with Crippen molar-refractivity contribution in [1.82, 2.24) is 5.32 Å². The smallest absolute Gasteiger partial charge is 0.220 e. The molecule has 0 spiro atoms. The van der Waals surface area contributed by atoms with Gasteiger partial charge in [0, 0.05) is 12.0 Å². The average molecular weight is 270 g/mol. The summed E-state index contributed by atoms with van der Waals surface area (Å²) in [5.74, 6) is 0.756. The van der Waals surface area contributed by atoms with E-state index in [4.69, 9.17) is 5.73 Å². The van der Waals surface area contributed by atoms with E-state index in [1.807, 2.05) is 0 Å². The summed E-state index contributed by atoms with van der Waals surface area (Å²) >= 11 is 0. The lowest BCUT2D eigenvalue weighted by Crippen LogP contribution is -2.45. The predicted octanol–water partition coefficient (Wildman–Crippen LogP) is 3.47. The van der Waals surface area contributed by atoms with Crippen molar-refractivity contribution in [3.63, 3.8) is 0 Å². The molecular weight excluding hydrogens is 236 g/mol. The van der Waals surface area contributed by atoms with Crippen molar-refractivity contribution in [2.75, 3.05) is 6.54 Å². The first-order valence-electron chi connectivity index (χ1n) is 7.60. The van der Waals surface area contributed by atoms with E-state index in [9.17, 15) is 4.79 Å². The average Bonchev–Trinajstić information content (AvgIpc) is 2.19. The lowest BCUT2D eigenvalue weighted by molar-refractivity contribution is -0.123. The Morgan fingerprint density at radius 3 is 2.16 bits per heavy atom. The van der Waals surface area contributed by atoms with E-state index in [0.717, 1.165) is 32.2 Å². The molecule has 0 aromatic heterocycles. The number of rotatable bonds is 8. The summed E-state index contributed by atoms with van der Waals surface area (Å²) in [6.07, 6.45) is 4.67. The van der Waals surface area contributed by atoms with Gasteiger partial charge in [-0.2, -0.15) is 0 Å². The van der Waals surface area contributed by atoms with Crippen LogP contribution in [-0.4, -0.2) is 18.0 Å². The lowest BCUT2D eigenvalue weighted by atomic mass is 9.81. The normalized spacial score (nSPS) is 14.3. The summed E-state index contributed by atoms with van der Waals surface area (Å²) in [5.41, 5.74) is 5.67. The number of hydrogen-bond acceptors (Lipinski definition) is 2. The summed E-state index contributed by atoms with van der Waals surface area (Å²) in [6.45, 7) is 13.7. The molecule has 0 aromatic rings. The molecule has 19 heavy (non-hydrogen) atoms. The molecule has 0 aliphatic rings. The maximum atomic E-state index is 12.0. The van der Waals surface area contributed by atoms with E-state index >= 15 is 0 Å². The number of nitrogens with two attached hydrogens (primary N) is 1. The van der Waals surface area contributed by atoms with Gasteiger partial charge in [0.1, 0.15) is 0 Å². The Hall–Kier alpha value is -0.570. The van der Waals surface area contributed by atoms with E-state index in [1.165, 1.54) is 0 Å². The van der Waals surface area contributed by atoms with Gasteiger partial charge in [0.15, 0.2) is 0 Å². The quantitative estimate of drug-likeness (QED) is 0.709. The standard InChI is InChI=1S/C16H34N2O/c1-7-13(10-11-17)8-9-14(19)18-16(5,6)12-15(2,3)4/h13H,7-12,17H2,1-6H3,(H,18,19). The van der Waals surface area contributed by atoms with Crippen molar-refractivity contribution in [2.24, 2.45) is 17.1 Å². The Kier molecular flexibility index (Phi) is 7.65. The molecule has 0 heterocycles. The first-order valence-corrected chi connectivity index (χ1v) is 7.60. The monoisotopic (exact) mass is 270 g/mol. The van der Waals surface area contributed by atoms with Crippen LogP contribution in [0.3, 0.4) is 0 Å². The van der Waals surface area contributed by atoms with E-state index in [0.29, 0.717) is 12.3 Å². The zero-order chi connectivity index (χ0) is 15.1. The number of amides is 1. The van der Waals surface area contributed by atoms with Crippen LogP contribution < -0.4 is 11.1 Å². The van der Waals surface area contributed by atoms with Crippen LogP contribution in [0.15, 0.2) is 0 Å². The second-order valence-electron chi connectivity index (χ2n) is 7.56. The molecule has 0 aliphatic heterocycles. The number of carbonyl (C=O) groups excluding carboxylic acids is 1. The van der Waals surface area contributed by atoms with E-state index < -0.39 is 0 Å². The van der Waals surface area contributed by atoms with Gasteiger partial charge in [0.2, 0.25) is 5.91 Å². The van der Waals surface area contributed by atoms with Gasteiger partial charge in [-0.25, -0.2) is 0 Å². The number of carbonyl (C=O) groups is 1. The summed E-state index contributed by atoms with van der Waals surface area (Å²) in [7, 11) is 0. The fourth-order valence-electron chi connectivity index (χ4n) is 2.93. The molecule has 0 rings (SSSR count). The molecule has 0 aromatic carbocycles. The third-order valence-electron chi connectivity index (χ3n) is 3.38. The van der Waals surface area contributed by atoms with Gasteiger partial charge in [-0.05, 0) is 51.0 Å². The first-order chi connectivity index (χ1) is 8.59. The Morgan fingerprint density at radius 1 is 1.16 bits per heavy atom. The zero-order valence-electron chi connectivity index (χ0n) is 13.8. The maximum absolute atomic E-state index is 12.0. The highest BCUT2D eigenvalue weighted by atomic mass is 16.1. The van der Waals surface area contributed by atoms with Crippen LogP contribution in [0, 0.1) is 11.3 Å². The summed E-state index contributed by atoms with van der Waals surface area (Å²) in [4.78, 5) is 12.0. The van der Waals surface area contributed by atoms with Gasteiger partial charge in [0.05, 0.1) is 0 Å². The highest BCUT2D eigenvalue weighted by molar-refractivity contribution is 5.76. The third-order valence-corrected chi connectivity index (χ3v) is 3.38. The minimum Gasteiger partial charge on any atom is -0.351 e. The van der Waals surface area contributed by atoms with Crippen LogP contribution in [0.1, 0.15) is 73.6 Å². The van der Waals surface area contributed by atoms with Gasteiger partial charge in [-0.1, -0.05) is 34.1 Å². The van der Waals surface area contributed by atoms with Crippen LogP contribution in [0.25, 0.3) is 0 Å². The largest absolute Gasteiger partial charge is 0.351 e. The number of nitrogens with one attached hydrogen (secondary N) is 1. The van der Waals surface area contributed by atoms with E-state index in [2.05, 4.69) is 46.9 Å². The van der Waals surface area contributed by atoms with Gasteiger partial charge < -0.3 is 11.1 Å². The first kappa shape index (κ1) is 18.4. The van der Waals surface area contributed by atoms with Crippen molar-refractivity contribution in [3.05, 3.63) is 0 Å². The lowest BCUT2D eigenvalue weighted by Gasteiger charge is -2.33. The molecule has 3 heteroatoms. The summed E-state index contributed by atoms with van der Waals surface area (Å²) < 4.78 is 0.